The number of fused-ring (bicyclic) bond motifs is 1. The monoisotopic (exact) mass is 294 g/mol. The van der Waals surface area contributed by atoms with E-state index in [-0.39, 0.29) is 0 Å². The van der Waals surface area contributed by atoms with Crippen LogP contribution in [-0.2, 0) is 5.75 Å². The zero-order chi connectivity index (χ0) is 12.4. The fourth-order valence-electron chi connectivity index (χ4n) is 1.49. The highest BCUT2D eigenvalue weighted by molar-refractivity contribution is 8.00. The minimum Gasteiger partial charge on any atom is -0.300 e. The van der Waals surface area contributed by atoms with Gasteiger partial charge >= 0.3 is 0 Å². The molecule has 0 aliphatic rings. The van der Waals surface area contributed by atoms with E-state index >= 15 is 0 Å². The molecule has 0 atom stereocenters. The Balaban J connectivity index is 1.72. The number of nitrogens with two attached hydrogens (primary N) is 1. The van der Waals surface area contributed by atoms with Gasteiger partial charge in [-0.2, -0.15) is 0 Å². The third-order valence-corrected chi connectivity index (χ3v) is 5.63. The second-order valence-electron chi connectivity index (χ2n) is 3.51. The fraction of sp³-hybridized carbons (Fsp3) is 0.0909. The highest BCUT2D eigenvalue weighted by Gasteiger charge is 2.06. The number of nitrogens with one attached hydrogen (secondary N) is 1. The molecule has 2 aromatic heterocycles. The average molecular weight is 294 g/mol. The van der Waals surface area contributed by atoms with Gasteiger partial charge in [-0.3, -0.25) is 5.43 Å². The summed E-state index contributed by atoms with van der Waals surface area (Å²) in [6, 6.07) is 8.19. The van der Waals surface area contributed by atoms with Gasteiger partial charge < -0.3 is 0 Å². The molecule has 0 saturated heterocycles. The van der Waals surface area contributed by atoms with Gasteiger partial charge in [-0.1, -0.05) is 23.9 Å². The second kappa shape index (κ2) is 5.23. The second-order valence-corrected chi connectivity index (χ2v) is 6.88. The van der Waals surface area contributed by atoms with Crippen molar-refractivity contribution in [2.75, 3.05) is 5.43 Å². The number of aromatic nitrogens is 2. The summed E-state index contributed by atoms with van der Waals surface area (Å²) in [7, 11) is 0. The Morgan fingerprint density at radius 3 is 2.94 bits per heavy atom. The molecule has 0 amide bonds. The Hall–Kier alpha value is -1.15. The molecule has 3 N–H and O–H groups in total. The van der Waals surface area contributed by atoms with Gasteiger partial charge in [0.1, 0.15) is 0 Å². The highest BCUT2D eigenvalue weighted by atomic mass is 32.2. The van der Waals surface area contributed by atoms with Crippen LogP contribution in [0.5, 0.6) is 0 Å². The maximum atomic E-state index is 5.30. The van der Waals surface area contributed by atoms with Crippen LogP contribution in [0.15, 0.2) is 34.8 Å². The molecule has 2 heterocycles. The van der Waals surface area contributed by atoms with E-state index in [9.17, 15) is 0 Å². The maximum Gasteiger partial charge on any atom is 0.197 e. The van der Waals surface area contributed by atoms with E-state index in [1.54, 1.807) is 34.4 Å². The lowest BCUT2D eigenvalue weighted by molar-refractivity contribution is 1.27. The Bertz CT molecular complexity index is 628. The molecule has 3 aromatic rings. The summed E-state index contributed by atoms with van der Waals surface area (Å²) >= 11 is 5.02. The van der Waals surface area contributed by atoms with Gasteiger partial charge in [0.2, 0.25) is 0 Å². The first-order valence-corrected chi connectivity index (χ1v) is 7.87. The molecule has 0 aliphatic carbocycles. The molecule has 0 saturated carbocycles. The Morgan fingerprint density at radius 1 is 1.28 bits per heavy atom. The summed E-state index contributed by atoms with van der Waals surface area (Å²) in [5.41, 5.74) is 3.62. The Morgan fingerprint density at radius 2 is 2.17 bits per heavy atom. The zero-order valence-corrected chi connectivity index (χ0v) is 11.7. The molecule has 0 unspecified atom stereocenters. The zero-order valence-electron chi connectivity index (χ0n) is 9.29. The van der Waals surface area contributed by atoms with Crippen molar-refractivity contribution in [3.63, 3.8) is 0 Å². The summed E-state index contributed by atoms with van der Waals surface area (Å²) < 4.78 is 2.32. The number of nitrogen functional groups attached to an aromatic ring is 1. The standard InChI is InChI=1S/C11H10N4S3/c12-15-10-13-5-7(17-10)6-16-11-14-8-3-1-2-4-9(8)18-11/h1-5H,6,12H2,(H,13,15). The molecule has 18 heavy (non-hydrogen) atoms. The van der Waals surface area contributed by atoms with Crippen molar-refractivity contribution >= 4 is 49.8 Å². The summed E-state index contributed by atoms with van der Waals surface area (Å²) in [4.78, 5) is 9.91. The van der Waals surface area contributed by atoms with Crippen LogP contribution in [0.25, 0.3) is 10.2 Å². The Labute approximate surface area is 116 Å². The summed E-state index contributed by atoms with van der Waals surface area (Å²) in [5.74, 6) is 6.18. The van der Waals surface area contributed by atoms with Crippen molar-refractivity contribution in [1.82, 2.24) is 9.97 Å². The predicted molar refractivity (Wildman–Crippen MR) is 79.1 cm³/mol. The highest BCUT2D eigenvalue weighted by Crippen LogP contribution is 2.32. The first-order chi connectivity index (χ1) is 8.85. The molecule has 0 fully saturated rings. The molecule has 3 rings (SSSR count). The van der Waals surface area contributed by atoms with Crippen LogP contribution in [-0.4, -0.2) is 9.97 Å². The quantitative estimate of drug-likeness (QED) is 0.439. The largest absolute Gasteiger partial charge is 0.300 e. The molecule has 92 valence electrons. The topological polar surface area (TPSA) is 63.8 Å². The molecule has 0 spiro atoms. The van der Waals surface area contributed by atoms with E-state index in [1.807, 2.05) is 24.4 Å². The van der Waals surface area contributed by atoms with Crippen molar-refractivity contribution in [2.24, 2.45) is 5.84 Å². The van der Waals surface area contributed by atoms with Crippen LogP contribution in [0.1, 0.15) is 4.88 Å². The first kappa shape index (κ1) is 11.9. The summed E-state index contributed by atoms with van der Waals surface area (Å²) in [6.07, 6.45) is 1.85. The number of anilines is 1. The molecule has 7 heteroatoms. The van der Waals surface area contributed by atoms with E-state index in [2.05, 4.69) is 21.5 Å². The van der Waals surface area contributed by atoms with Gasteiger partial charge in [0.25, 0.3) is 0 Å². The average Bonchev–Trinajstić information content (AvgIpc) is 3.02. The number of hydrogen-bond donors (Lipinski definition) is 2. The van der Waals surface area contributed by atoms with Gasteiger partial charge in [0, 0.05) is 16.8 Å². The van der Waals surface area contributed by atoms with E-state index < -0.39 is 0 Å². The normalized spacial score (nSPS) is 10.9. The predicted octanol–water partition coefficient (Wildman–Crippen LogP) is 3.33. The van der Waals surface area contributed by atoms with Crippen molar-refractivity contribution in [2.45, 2.75) is 10.1 Å². The van der Waals surface area contributed by atoms with Crippen LogP contribution in [0.3, 0.4) is 0 Å². The maximum absolute atomic E-state index is 5.30. The number of hydrazine groups is 1. The molecule has 4 nitrogen and oxygen atoms in total. The van der Waals surface area contributed by atoms with Gasteiger partial charge in [-0.25, -0.2) is 15.8 Å². The van der Waals surface area contributed by atoms with Gasteiger partial charge in [-0.05, 0) is 12.1 Å². The SMILES string of the molecule is NNc1ncc(CSc2nc3ccccc3s2)s1. The number of hydrogen-bond acceptors (Lipinski definition) is 7. The number of thiazole rings is 2. The number of thioether (sulfide) groups is 1. The number of para-hydroxylation sites is 1. The van der Waals surface area contributed by atoms with Crippen molar-refractivity contribution < 1.29 is 0 Å². The van der Waals surface area contributed by atoms with Crippen LogP contribution in [0, 0.1) is 0 Å². The number of nitrogens with zero attached hydrogens (tertiary/aromatic N) is 2. The van der Waals surface area contributed by atoms with E-state index in [4.69, 9.17) is 5.84 Å². The summed E-state index contributed by atoms with van der Waals surface area (Å²) in [5, 5.41) is 0.745. The molecule has 0 radical (unpaired) electrons. The minimum absolute atomic E-state index is 0.745. The molecule has 0 bridgehead atoms. The summed E-state index contributed by atoms with van der Waals surface area (Å²) in [6.45, 7) is 0. The van der Waals surface area contributed by atoms with Crippen LogP contribution >= 0.6 is 34.4 Å². The minimum atomic E-state index is 0.745. The van der Waals surface area contributed by atoms with E-state index in [1.165, 1.54) is 9.58 Å². The van der Waals surface area contributed by atoms with Crippen LogP contribution in [0.2, 0.25) is 0 Å². The van der Waals surface area contributed by atoms with Gasteiger partial charge in [0.15, 0.2) is 9.47 Å². The third kappa shape index (κ3) is 2.49. The molecule has 0 aliphatic heterocycles. The number of benzene rings is 1. The van der Waals surface area contributed by atoms with Crippen molar-refractivity contribution in [3.05, 3.63) is 35.3 Å². The van der Waals surface area contributed by atoms with Crippen molar-refractivity contribution in [1.29, 1.82) is 0 Å². The van der Waals surface area contributed by atoms with Crippen LogP contribution < -0.4 is 11.3 Å². The fourth-order valence-corrected chi connectivity index (χ4v) is 4.30. The third-order valence-electron chi connectivity index (χ3n) is 2.29. The first-order valence-electron chi connectivity index (χ1n) is 5.25. The lowest BCUT2D eigenvalue weighted by Gasteiger charge is -1.92. The van der Waals surface area contributed by atoms with Crippen LogP contribution in [0.4, 0.5) is 5.13 Å². The Kier molecular flexibility index (Phi) is 3.46. The van der Waals surface area contributed by atoms with E-state index in [0.29, 0.717) is 0 Å². The molecular formula is C11H10N4S3. The number of rotatable bonds is 4. The molecular weight excluding hydrogens is 284 g/mol. The van der Waals surface area contributed by atoms with E-state index in [0.717, 1.165) is 20.7 Å². The lowest BCUT2D eigenvalue weighted by atomic mass is 10.3. The van der Waals surface area contributed by atoms with Gasteiger partial charge in [0.05, 0.1) is 10.2 Å². The molecule has 1 aromatic carbocycles. The smallest absolute Gasteiger partial charge is 0.197 e. The lowest BCUT2D eigenvalue weighted by Crippen LogP contribution is -2.05. The van der Waals surface area contributed by atoms with Crippen molar-refractivity contribution in [3.8, 4) is 0 Å². The van der Waals surface area contributed by atoms with Gasteiger partial charge in [-0.15, -0.1) is 22.7 Å².